The average Bonchev–Trinajstić information content (AvgIpc) is 3.42. The summed E-state index contributed by atoms with van der Waals surface area (Å²) in [7, 11) is -0.540. The van der Waals surface area contributed by atoms with Gasteiger partial charge in [0.15, 0.2) is 5.65 Å². The van der Waals surface area contributed by atoms with Gasteiger partial charge in [-0.1, -0.05) is 42.0 Å². The predicted molar refractivity (Wildman–Crippen MR) is 164 cm³/mol. The Morgan fingerprint density at radius 3 is 2.33 bits per heavy atom. The van der Waals surface area contributed by atoms with Crippen molar-refractivity contribution >= 4 is 21.1 Å². The lowest BCUT2D eigenvalue weighted by Crippen LogP contribution is -2.38. The molecule has 42 heavy (non-hydrogen) atoms. The predicted octanol–water partition coefficient (Wildman–Crippen LogP) is 5.93. The molecule has 4 heterocycles. The third kappa shape index (κ3) is 5.55. The van der Waals surface area contributed by atoms with Crippen LogP contribution < -0.4 is 4.74 Å². The number of hydrogen-bond donors (Lipinski definition) is 0. The molecule has 1 unspecified atom stereocenters. The molecule has 9 heteroatoms. The van der Waals surface area contributed by atoms with E-state index >= 15 is 0 Å². The molecule has 2 aromatic carbocycles. The fourth-order valence-corrected chi connectivity index (χ4v) is 6.87. The number of hydrogen-bond acceptors (Lipinski definition) is 7. The van der Waals surface area contributed by atoms with Gasteiger partial charge in [0, 0.05) is 66.9 Å². The van der Waals surface area contributed by atoms with Crippen LogP contribution in [0.3, 0.4) is 0 Å². The summed E-state index contributed by atoms with van der Waals surface area (Å²) < 4.78 is 39.6. The molecule has 0 N–H and O–H groups in total. The number of rotatable bonds is 8. The molecule has 5 aromatic rings. The summed E-state index contributed by atoms with van der Waals surface area (Å²) in [6.07, 6.45) is 7.62. The number of methoxy groups -OCH3 is 2. The molecule has 1 atom stereocenters. The van der Waals surface area contributed by atoms with Crippen LogP contribution >= 0.6 is 0 Å². The number of aryl methyl sites for hydroxylation is 1. The van der Waals surface area contributed by atoms with Gasteiger partial charge >= 0.3 is 0 Å². The van der Waals surface area contributed by atoms with Crippen molar-refractivity contribution in [3.05, 3.63) is 96.4 Å². The van der Waals surface area contributed by atoms with Gasteiger partial charge in [-0.3, -0.25) is 4.90 Å². The van der Waals surface area contributed by atoms with E-state index in [0.717, 1.165) is 65.7 Å². The summed E-state index contributed by atoms with van der Waals surface area (Å²) in [5, 5.41) is 0.721. The Morgan fingerprint density at radius 2 is 1.64 bits per heavy atom. The minimum absolute atomic E-state index is 0.205. The molecule has 1 saturated heterocycles. The first-order valence-electron chi connectivity index (χ1n) is 14.0. The molecule has 0 aliphatic carbocycles. The molecular formula is C33H34N4O4S. The van der Waals surface area contributed by atoms with Gasteiger partial charge in [-0.15, -0.1) is 0 Å². The Balaban J connectivity index is 1.38. The van der Waals surface area contributed by atoms with Crippen LogP contribution in [0.4, 0.5) is 0 Å². The van der Waals surface area contributed by atoms with Crippen LogP contribution in [0.15, 0.2) is 90.2 Å². The van der Waals surface area contributed by atoms with Crippen LogP contribution in [0, 0.1) is 6.92 Å². The molecule has 0 radical (unpaired) electrons. The second kappa shape index (κ2) is 11.7. The fraction of sp³-hybridized carbons (Fsp3) is 0.273. The molecule has 0 amide bonds. The zero-order chi connectivity index (χ0) is 29.3. The average molecular weight is 583 g/mol. The van der Waals surface area contributed by atoms with Crippen molar-refractivity contribution in [1.29, 1.82) is 0 Å². The monoisotopic (exact) mass is 582 g/mol. The Kier molecular flexibility index (Phi) is 7.81. The van der Waals surface area contributed by atoms with Crippen LogP contribution in [0.2, 0.25) is 0 Å². The second-order valence-corrected chi connectivity index (χ2v) is 12.6. The van der Waals surface area contributed by atoms with Gasteiger partial charge in [0.1, 0.15) is 0 Å². The number of ether oxygens (including phenoxy) is 2. The number of benzene rings is 2. The fourth-order valence-electron chi connectivity index (χ4n) is 5.54. The van der Waals surface area contributed by atoms with Crippen molar-refractivity contribution in [3.8, 4) is 28.1 Å². The van der Waals surface area contributed by atoms with E-state index < -0.39 is 10.0 Å². The molecular weight excluding hydrogens is 548 g/mol. The van der Waals surface area contributed by atoms with Crippen LogP contribution in [-0.4, -0.2) is 60.7 Å². The smallest absolute Gasteiger partial charge is 0.269 e. The van der Waals surface area contributed by atoms with Crippen molar-refractivity contribution in [1.82, 2.24) is 18.8 Å². The number of likely N-dealkylation sites (tertiary alicyclic amines) is 1. The molecule has 8 nitrogen and oxygen atoms in total. The standard InChI is InChI=1S/C33H34N4O4S/c1-23-6-13-29(14-7-23)42(38,39)37-22-31(26-12-15-32(41-3)34-18-26)30-17-27(19-35-33(30)37)25-10-8-24(9-11-25)20-36-16-4-5-28(21-36)40-2/h6-15,17-19,22,28H,4-5,16,20-21H2,1-3H3. The molecule has 1 fully saturated rings. The van der Waals surface area contributed by atoms with E-state index in [4.69, 9.17) is 14.5 Å². The second-order valence-electron chi connectivity index (χ2n) is 10.8. The molecule has 0 saturated carbocycles. The van der Waals surface area contributed by atoms with Gasteiger partial charge < -0.3 is 9.47 Å². The molecule has 216 valence electrons. The first kappa shape index (κ1) is 28.1. The van der Waals surface area contributed by atoms with Crippen molar-refractivity contribution < 1.29 is 17.9 Å². The molecule has 0 bridgehead atoms. The summed E-state index contributed by atoms with van der Waals surface area (Å²) in [5.41, 5.74) is 5.99. The minimum atomic E-state index is -3.89. The Labute approximate surface area is 246 Å². The molecule has 1 aliphatic heterocycles. The van der Waals surface area contributed by atoms with Crippen LogP contribution in [0.1, 0.15) is 24.0 Å². The van der Waals surface area contributed by atoms with E-state index in [2.05, 4.69) is 34.1 Å². The topological polar surface area (TPSA) is 86.5 Å². The van der Waals surface area contributed by atoms with Crippen LogP contribution in [0.25, 0.3) is 33.3 Å². The van der Waals surface area contributed by atoms with Gasteiger partial charge in [0.05, 0.1) is 18.1 Å². The first-order chi connectivity index (χ1) is 20.4. The number of nitrogens with zero attached hydrogens (tertiary/aromatic N) is 4. The van der Waals surface area contributed by atoms with E-state index in [1.165, 1.54) is 9.54 Å². The highest BCUT2D eigenvalue weighted by molar-refractivity contribution is 7.90. The summed E-state index contributed by atoms with van der Waals surface area (Å²) in [6.45, 7) is 4.83. The lowest BCUT2D eigenvalue weighted by Gasteiger charge is -2.31. The highest BCUT2D eigenvalue weighted by Crippen LogP contribution is 2.35. The van der Waals surface area contributed by atoms with Gasteiger partial charge in [0.25, 0.3) is 10.0 Å². The number of pyridine rings is 2. The Hall–Kier alpha value is -4.05. The summed E-state index contributed by atoms with van der Waals surface area (Å²) in [4.78, 5) is 11.7. The number of fused-ring (bicyclic) bond motifs is 1. The van der Waals surface area contributed by atoms with Gasteiger partial charge in [0.2, 0.25) is 5.88 Å². The molecule has 1 aliphatic rings. The van der Waals surface area contributed by atoms with Crippen molar-refractivity contribution in [2.24, 2.45) is 0 Å². The quantitative estimate of drug-likeness (QED) is 0.224. The van der Waals surface area contributed by atoms with Crippen molar-refractivity contribution in [2.75, 3.05) is 27.3 Å². The van der Waals surface area contributed by atoms with E-state index in [1.54, 1.807) is 63.1 Å². The zero-order valence-electron chi connectivity index (χ0n) is 24.0. The minimum Gasteiger partial charge on any atom is -0.481 e. The lowest BCUT2D eigenvalue weighted by atomic mass is 10.0. The lowest BCUT2D eigenvalue weighted by molar-refractivity contribution is 0.0285. The first-order valence-corrected chi connectivity index (χ1v) is 15.5. The highest BCUT2D eigenvalue weighted by Gasteiger charge is 2.24. The molecule has 6 rings (SSSR count). The zero-order valence-corrected chi connectivity index (χ0v) is 24.8. The van der Waals surface area contributed by atoms with Crippen LogP contribution in [0.5, 0.6) is 5.88 Å². The third-order valence-corrected chi connectivity index (χ3v) is 9.60. The largest absolute Gasteiger partial charge is 0.481 e. The summed E-state index contributed by atoms with van der Waals surface area (Å²) in [5.74, 6) is 0.482. The maximum atomic E-state index is 13.8. The summed E-state index contributed by atoms with van der Waals surface area (Å²) in [6, 6.07) is 21.0. The van der Waals surface area contributed by atoms with E-state index in [-0.39, 0.29) is 4.90 Å². The van der Waals surface area contributed by atoms with Crippen molar-refractivity contribution in [2.45, 2.75) is 37.3 Å². The normalized spacial score (nSPS) is 16.1. The Bertz CT molecular complexity index is 1800. The van der Waals surface area contributed by atoms with Gasteiger partial charge in [-0.2, -0.15) is 0 Å². The van der Waals surface area contributed by atoms with Gasteiger partial charge in [-0.05, 0) is 61.7 Å². The van der Waals surface area contributed by atoms with E-state index in [1.807, 2.05) is 19.1 Å². The van der Waals surface area contributed by atoms with Crippen molar-refractivity contribution in [3.63, 3.8) is 0 Å². The van der Waals surface area contributed by atoms with Crippen LogP contribution in [-0.2, 0) is 21.3 Å². The molecule has 0 spiro atoms. The number of piperidine rings is 1. The maximum Gasteiger partial charge on any atom is 0.269 e. The van der Waals surface area contributed by atoms with E-state index in [0.29, 0.717) is 17.6 Å². The Morgan fingerprint density at radius 1 is 0.905 bits per heavy atom. The SMILES string of the molecule is COc1ccc(-c2cn(S(=O)(=O)c3ccc(C)cc3)c3ncc(-c4ccc(CN5CCCC(OC)C5)cc4)cc23)cn1. The maximum absolute atomic E-state index is 13.8. The number of aromatic nitrogens is 3. The highest BCUT2D eigenvalue weighted by atomic mass is 32.2. The third-order valence-electron chi connectivity index (χ3n) is 7.94. The van der Waals surface area contributed by atoms with Gasteiger partial charge in [-0.25, -0.2) is 22.4 Å². The summed E-state index contributed by atoms with van der Waals surface area (Å²) >= 11 is 0. The molecule has 3 aromatic heterocycles. The van der Waals surface area contributed by atoms with E-state index in [9.17, 15) is 8.42 Å².